The minimum Gasteiger partial charge on any atom is -0.356 e. The Kier molecular flexibility index (Phi) is 5.43. The number of pyridine rings is 1. The highest BCUT2D eigenvalue weighted by molar-refractivity contribution is 5.75. The van der Waals surface area contributed by atoms with Gasteiger partial charge in [0.25, 0.3) is 0 Å². The molecule has 0 saturated carbocycles. The van der Waals surface area contributed by atoms with E-state index in [0.29, 0.717) is 31.1 Å². The van der Waals surface area contributed by atoms with Gasteiger partial charge in [0.1, 0.15) is 0 Å². The van der Waals surface area contributed by atoms with E-state index in [1.165, 1.54) is 0 Å². The van der Waals surface area contributed by atoms with Gasteiger partial charge in [0.2, 0.25) is 11.8 Å². The number of amides is 1. The smallest absolute Gasteiger partial charge is 0.227 e. The summed E-state index contributed by atoms with van der Waals surface area (Å²) in [5, 5.41) is 6.75. The molecule has 0 aliphatic carbocycles. The van der Waals surface area contributed by atoms with E-state index in [1.807, 2.05) is 26.0 Å². The minimum atomic E-state index is -0.0109. The zero-order valence-electron chi connectivity index (χ0n) is 12.4. The lowest BCUT2D eigenvalue weighted by atomic mass is 10.2. The standard InChI is InChI=1S/C15H20N4O2/c1-11(2)15-18-14(21-19-15)6-5-13(20)17-9-7-12-4-3-8-16-10-12/h3-4,8,10-11H,5-7,9H2,1-2H3,(H,17,20). The molecule has 0 spiro atoms. The molecule has 0 bridgehead atoms. The van der Waals surface area contributed by atoms with E-state index in [4.69, 9.17) is 4.52 Å². The monoisotopic (exact) mass is 288 g/mol. The third-order valence-corrected chi connectivity index (χ3v) is 3.02. The maximum atomic E-state index is 11.7. The number of carbonyl (C=O) groups is 1. The van der Waals surface area contributed by atoms with Crippen molar-refractivity contribution in [3.8, 4) is 0 Å². The molecule has 2 heterocycles. The van der Waals surface area contributed by atoms with Gasteiger partial charge in [-0.15, -0.1) is 0 Å². The maximum absolute atomic E-state index is 11.7. The van der Waals surface area contributed by atoms with E-state index in [0.717, 1.165) is 12.0 Å². The first-order valence-corrected chi connectivity index (χ1v) is 7.13. The average Bonchev–Trinajstić information content (AvgIpc) is 2.95. The second-order valence-corrected chi connectivity index (χ2v) is 5.16. The molecular weight excluding hydrogens is 268 g/mol. The molecule has 2 rings (SSSR count). The van der Waals surface area contributed by atoms with E-state index < -0.39 is 0 Å². The first kappa shape index (κ1) is 15.2. The van der Waals surface area contributed by atoms with Crippen LogP contribution >= 0.6 is 0 Å². The molecule has 2 aromatic heterocycles. The van der Waals surface area contributed by atoms with Crippen LogP contribution in [-0.2, 0) is 17.6 Å². The van der Waals surface area contributed by atoms with Crippen LogP contribution in [0.2, 0.25) is 0 Å². The predicted octanol–water partition coefficient (Wildman–Crippen LogP) is 1.88. The molecule has 0 atom stereocenters. The second kappa shape index (κ2) is 7.52. The summed E-state index contributed by atoms with van der Waals surface area (Å²) in [6.45, 7) is 4.60. The van der Waals surface area contributed by atoms with Gasteiger partial charge in [0.15, 0.2) is 5.82 Å². The summed E-state index contributed by atoms with van der Waals surface area (Å²) < 4.78 is 5.10. The van der Waals surface area contributed by atoms with Crippen LogP contribution in [0.1, 0.15) is 43.5 Å². The molecular formula is C15H20N4O2. The summed E-state index contributed by atoms with van der Waals surface area (Å²) in [5.74, 6) is 1.42. The van der Waals surface area contributed by atoms with Crippen LogP contribution < -0.4 is 5.32 Å². The van der Waals surface area contributed by atoms with Gasteiger partial charge < -0.3 is 9.84 Å². The molecule has 0 unspecified atom stereocenters. The molecule has 1 N–H and O–H groups in total. The number of carbonyl (C=O) groups excluding carboxylic acids is 1. The summed E-state index contributed by atoms with van der Waals surface area (Å²) in [7, 11) is 0. The Hall–Kier alpha value is -2.24. The molecule has 6 nitrogen and oxygen atoms in total. The minimum absolute atomic E-state index is 0.0109. The quantitative estimate of drug-likeness (QED) is 0.841. The van der Waals surface area contributed by atoms with Crippen LogP contribution in [0.3, 0.4) is 0 Å². The molecule has 0 aliphatic rings. The van der Waals surface area contributed by atoms with Crippen molar-refractivity contribution in [3.05, 3.63) is 41.8 Å². The molecule has 0 saturated heterocycles. The Balaban J connectivity index is 1.67. The van der Waals surface area contributed by atoms with E-state index in [2.05, 4.69) is 20.4 Å². The highest BCUT2D eigenvalue weighted by Gasteiger charge is 2.11. The Morgan fingerprint density at radius 3 is 2.90 bits per heavy atom. The van der Waals surface area contributed by atoms with E-state index in [1.54, 1.807) is 12.4 Å². The van der Waals surface area contributed by atoms with E-state index >= 15 is 0 Å². The van der Waals surface area contributed by atoms with Crippen LogP contribution in [0.15, 0.2) is 29.0 Å². The summed E-state index contributed by atoms with van der Waals surface area (Å²) in [5.41, 5.74) is 1.11. The van der Waals surface area contributed by atoms with Crippen LogP contribution in [0.4, 0.5) is 0 Å². The van der Waals surface area contributed by atoms with Gasteiger partial charge in [0.05, 0.1) is 0 Å². The van der Waals surface area contributed by atoms with Crippen molar-refractivity contribution in [2.75, 3.05) is 6.54 Å². The summed E-state index contributed by atoms with van der Waals surface area (Å²) in [4.78, 5) is 20.0. The van der Waals surface area contributed by atoms with Gasteiger partial charge >= 0.3 is 0 Å². The molecule has 0 aliphatic heterocycles. The average molecular weight is 288 g/mol. The zero-order valence-corrected chi connectivity index (χ0v) is 12.4. The number of rotatable bonds is 7. The highest BCUT2D eigenvalue weighted by atomic mass is 16.5. The van der Waals surface area contributed by atoms with E-state index in [9.17, 15) is 4.79 Å². The first-order valence-electron chi connectivity index (χ1n) is 7.13. The van der Waals surface area contributed by atoms with Crippen LogP contribution in [0.25, 0.3) is 0 Å². The number of nitrogens with zero attached hydrogens (tertiary/aromatic N) is 3. The number of aromatic nitrogens is 3. The van der Waals surface area contributed by atoms with Crippen molar-refractivity contribution in [1.29, 1.82) is 0 Å². The topological polar surface area (TPSA) is 80.9 Å². The highest BCUT2D eigenvalue weighted by Crippen LogP contribution is 2.10. The summed E-state index contributed by atoms with van der Waals surface area (Å²) >= 11 is 0. The van der Waals surface area contributed by atoms with Crippen molar-refractivity contribution in [2.45, 2.75) is 39.0 Å². The van der Waals surface area contributed by atoms with Gasteiger partial charge in [-0.2, -0.15) is 4.98 Å². The molecule has 6 heteroatoms. The van der Waals surface area contributed by atoms with Crippen LogP contribution in [0, 0.1) is 0 Å². The molecule has 0 aromatic carbocycles. The maximum Gasteiger partial charge on any atom is 0.227 e. The van der Waals surface area contributed by atoms with E-state index in [-0.39, 0.29) is 11.8 Å². The lowest BCUT2D eigenvalue weighted by molar-refractivity contribution is -0.121. The fraction of sp³-hybridized carbons (Fsp3) is 0.467. The molecule has 0 fully saturated rings. The summed E-state index contributed by atoms with van der Waals surface area (Å²) in [6.07, 6.45) is 5.14. The third-order valence-electron chi connectivity index (χ3n) is 3.02. The Bertz CT molecular complexity index is 566. The number of hydrogen-bond donors (Lipinski definition) is 1. The normalized spacial score (nSPS) is 10.8. The van der Waals surface area contributed by atoms with Gasteiger partial charge in [0, 0.05) is 37.7 Å². The van der Waals surface area contributed by atoms with Crippen molar-refractivity contribution in [3.63, 3.8) is 0 Å². The SMILES string of the molecule is CC(C)c1noc(CCC(=O)NCCc2cccnc2)n1. The van der Waals surface area contributed by atoms with Gasteiger partial charge in [-0.3, -0.25) is 9.78 Å². The molecule has 1 amide bonds. The van der Waals surface area contributed by atoms with Crippen molar-refractivity contribution < 1.29 is 9.32 Å². The van der Waals surface area contributed by atoms with Crippen molar-refractivity contribution in [1.82, 2.24) is 20.4 Å². The fourth-order valence-corrected chi connectivity index (χ4v) is 1.81. The van der Waals surface area contributed by atoms with Gasteiger partial charge in [-0.05, 0) is 18.1 Å². The first-order chi connectivity index (χ1) is 10.1. The molecule has 0 radical (unpaired) electrons. The molecule has 2 aromatic rings. The zero-order chi connectivity index (χ0) is 15.1. The van der Waals surface area contributed by atoms with Crippen molar-refractivity contribution in [2.24, 2.45) is 0 Å². The molecule has 21 heavy (non-hydrogen) atoms. The lowest BCUT2D eigenvalue weighted by Gasteiger charge is -2.03. The van der Waals surface area contributed by atoms with Crippen molar-refractivity contribution >= 4 is 5.91 Å². The number of nitrogens with one attached hydrogen (secondary N) is 1. The van der Waals surface area contributed by atoms with Gasteiger partial charge in [-0.25, -0.2) is 0 Å². The lowest BCUT2D eigenvalue weighted by Crippen LogP contribution is -2.25. The van der Waals surface area contributed by atoms with Crippen LogP contribution in [0.5, 0.6) is 0 Å². The molecule has 112 valence electrons. The van der Waals surface area contributed by atoms with Gasteiger partial charge in [-0.1, -0.05) is 25.1 Å². The second-order valence-electron chi connectivity index (χ2n) is 5.16. The largest absolute Gasteiger partial charge is 0.356 e. The number of aryl methyl sites for hydroxylation is 1. The number of hydrogen-bond acceptors (Lipinski definition) is 5. The third kappa shape index (κ3) is 4.98. The van der Waals surface area contributed by atoms with Crippen LogP contribution in [-0.4, -0.2) is 27.6 Å². The Morgan fingerprint density at radius 1 is 1.38 bits per heavy atom. The summed E-state index contributed by atoms with van der Waals surface area (Å²) in [6, 6.07) is 3.88. The fourth-order valence-electron chi connectivity index (χ4n) is 1.81. The predicted molar refractivity (Wildman–Crippen MR) is 77.7 cm³/mol. The Morgan fingerprint density at radius 2 is 2.24 bits per heavy atom. The Labute approximate surface area is 124 Å².